The molecule has 2 aromatic rings. The maximum atomic E-state index is 12.2. The van der Waals surface area contributed by atoms with Crippen molar-refractivity contribution in [2.75, 3.05) is 11.1 Å². The van der Waals surface area contributed by atoms with Crippen molar-refractivity contribution in [1.29, 1.82) is 0 Å². The number of amides is 1. The third-order valence-electron chi connectivity index (χ3n) is 3.15. The van der Waals surface area contributed by atoms with Gasteiger partial charge in [0, 0.05) is 5.56 Å². The van der Waals surface area contributed by atoms with E-state index in [1.165, 1.54) is 0 Å². The summed E-state index contributed by atoms with van der Waals surface area (Å²) >= 11 is 0. The van der Waals surface area contributed by atoms with Crippen LogP contribution in [0.4, 0.5) is 11.4 Å². The Kier molecular flexibility index (Phi) is 5.16. The molecule has 0 spiro atoms. The quantitative estimate of drug-likeness (QED) is 0.801. The lowest BCUT2D eigenvalue weighted by Gasteiger charge is -2.08. The molecule has 0 unspecified atom stereocenters. The largest absolute Gasteiger partial charge is 0.397 e. The molecule has 0 aliphatic carbocycles. The molecule has 0 aromatic heterocycles. The highest BCUT2D eigenvalue weighted by molar-refractivity contribution is 6.05. The predicted octanol–water partition coefficient (Wildman–Crippen LogP) is 4.33. The second-order valence-electron chi connectivity index (χ2n) is 4.85. The lowest BCUT2D eigenvalue weighted by atomic mass is 10.1. The van der Waals surface area contributed by atoms with Gasteiger partial charge in [0.05, 0.1) is 11.4 Å². The molecule has 3 N–H and O–H groups in total. The van der Waals surface area contributed by atoms with Gasteiger partial charge in [0.15, 0.2) is 0 Å². The molecule has 0 aliphatic rings. The number of hydrogen-bond donors (Lipinski definition) is 2. The SMILES string of the molecule is CCC/C=C/c1ccc(C(=O)Nc2ccccc2N)cc1. The first-order valence-electron chi connectivity index (χ1n) is 7.13. The summed E-state index contributed by atoms with van der Waals surface area (Å²) in [4.78, 5) is 12.2. The summed E-state index contributed by atoms with van der Waals surface area (Å²) in [7, 11) is 0. The van der Waals surface area contributed by atoms with Crippen LogP contribution < -0.4 is 11.1 Å². The van der Waals surface area contributed by atoms with Crippen LogP contribution in [0.25, 0.3) is 6.08 Å². The smallest absolute Gasteiger partial charge is 0.255 e. The minimum atomic E-state index is -0.156. The number of anilines is 2. The fraction of sp³-hybridized carbons (Fsp3) is 0.167. The zero-order valence-electron chi connectivity index (χ0n) is 12.2. The van der Waals surface area contributed by atoms with Gasteiger partial charge in [-0.25, -0.2) is 0 Å². The third-order valence-corrected chi connectivity index (χ3v) is 3.15. The van der Waals surface area contributed by atoms with E-state index < -0.39 is 0 Å². The summed E-state index contributed by atoms with van der Waals surface area (Å²) in [5, 5.41) is 2.82. The maximum Gasteiger partial charge on any atom is 0.255 e. The van der Waals surface area contributed by atoms with Gasteiger partial charge in [-0.05, 0) is 36.2 Å². The van der Waals surface area contributed by atoms with E-state index in [0.717, 1.165) is 18.4 Å². The van der Waals surface area contributed by atoms with E-state index in [-0.39, 0.29) is 5.91 Å². The monoisotopic (exact) mass is 280 g/mol. The first kappa shape index (κ1) is 14.9. The standard InChI is InChI=1S/C18H20N2O/c1-2-3-4-7-14-10-12-15(13-11-14)18(21)20-17-9-6-5-8-16(17)19/h4-13H,2-3,19H2,1H3,(H,20,21)/b7-4+. The van der Waals surface area contributed by atoms with Crippen LogP contribution in [-0.4, -0.2) is 5.91 Å². The highest BCUT2D eigenvalue weighted by Gasteiger charge is 2.07. The molecule has 108 valence electrons. The molecular formula is C18H20N2O. The molecule has 2 aromatic carbocycles. The summed E-state index contributed by atoms with van der Waals surface area (Å²) in [6.07, 6.45) is 6.41. The summed E-state index contributed by atoms with van der Waals surface area (Å²) in [5.41, 5.74) is 8.72. The third kappa shape index (κ3) is 4.21. The molecule has 0 saturated heterocycles. The first-order chi connectivity index (χ1) is 10.2. The topological polar surface area (TPSA) is 55.1 Å². The van der Waals surface area contributed by atoms with Crippen LogP contribution in [0.15, 0.2) is 54.6 Å². The van der Waals surface area contributed by atoms with Gasteiger partial charge >= 0.3 is 0 Å². The lowest BCUT2D eigenvalue weighted by Crippen LogP contribution is -2.12. The molecule has 3 nitrogen and oxygen atoms in total. The van der Waals surface area contributed by atoms with Crippen molar-refractivity contribution in [3.8, 4) is 0 Å². The van der Waals surface area contributed by atoms with Crippen LogP contribution in [0, 0.1) is 0 Å². The van der Waals surface area contributed by atoms with Gasteiger partial charge in [0.25, 0.3) is 5.91 Å². The van der Waals surface area contributed by atoms with E-state index in [0.29, 0.717) is 16.9 Å². The molecule has 0 atom stereocenters. The molecule has 21 heavy (non-hydrogen) atoms. The normalized spacial score (nSPS) is 10.7. The van der Waals surface area contributed by atoms with E-state index in [1.54, 1.807) is 12.1 Å². The van der Waals surface area contributed by atoms with Crippen molar-refractivity contribution < 1.29 is 4.79 Å². The van der Waals surface area contributed by atoms with Crippen LogP contribution in [0.1, 0.15) is 35.7 Å². The van der Waals surface area contributed by atoms with Crippen molar-refractivity contribution in [3.63, 3.8) is 0 Å². The van der Waals surface area contributed by atoms with Crippen LogP contribution >= 0.6 is 0 Å². The van der Waals surface area contributed by atoms with E-state index >= 15 is 0 Å². The molecule has 0 heterocycles. The molecule has 0 saturated carbocycles. The van der Waals surface area contributed by atoms with Crippen LogP contribution in [0.5, 0.6) is 0 Å². The number of allylic oxidation sites excluding steroid dienone is 1. The van der Waals surface area contributed by atoms with Gasteiger partial charge in [-0.15, -0.1) is 0 Å². The molecule has 0 aliphatic heterocycles. The lowest BCUT2D eigenvalue weighted by molar-refractivity contribution is 0.102. The maximum absolute atomic E-state index is 12.2. The number of nitrogen functional groups attached to an aromatic ring is 1. The Bertz CT molecular complexity index is 630. The van der Waals surface area contributed by atoms with E-state index in [1.807, 2.05) is 36.4 Å². The highest BCUT2D eigenvalue weighted by Crippen LogP contribution is 2.18. The second-order valence-corrected chi connectivity index (χ2v) is 4.85. The number of nitrogens with one attached hydrogen (secondary N) is 1. The number of benzene rings is 2. The zero-order chi connectivity index (χ0) is 15.1. The molecule has 0 fully saturated rings. The summed E-state index contributed by atoms with van der Waals surface area (Å²) in [5.74, 6) is -0.156. The average Bonchev–Trinajstić information content (AvgIpc) is 2.50. The molecule has 1 amide bonds. The van der Waals surface area contributed by atoms with Crippen molar-refractivity contribution in [1.82, 2.24) is 0 Å². The minimum Gasteiger partial charge on any atom is -0.397 e. The Labute approximate surface area is 125 Å². The highest BCUT2D eigenvalue weighted by atomic mass is 16.1. The Morgan fingerprint density at radius 2 is 1.86 bits per heavy atom. The summed E-state index contributed by atoms with van der Waals surface area (Å²) < 4.78 is 0. The number of rotatable bonds is 5. The average molecular weight is 280 g/mol. The molecule has 3 heteroatoms. The molecule has 0 radical (unpaired) electrons. The first-order valence-corrected chi connectivity index (χ1v) is 7.13. The van der Waals surface area contributed by atoms with Crippen molar-refractivity contribution in [2.24, 2.45) is 0 Å². The Hall–Kier alpha value is -2.55. The number of nitrogens with two attached hydrogens (primary N) is 1. The zero-order valence-corrected chi connectivity index (χ0v) is 12.2. The Morgan fingerprint density at radius 3 is 2.52 bits per heavy atom. The minimum absolute atomic E-state index is 0.156. The van der Waals surface area contributed by atoms with Gasteiger partial charge in [-0.3, -0.25) is 4.79 Å². The van der Waals surface area contributed by atoms with Crippen molar-refractivity contribution in [3.05, 3.63) is 65.7 Å². The fourth-order valence-corrected chi connectivity index (χ4v) is 1.94. The van der Waals surface area contributed by atoms with Gasteiger partial charge in [-0.2, -0.15) is 0 Å². The molecular weight excluding hydrogens is 260 g/mol. The molecule has 2 rings (SSSR count). The number of para-hydroxylation sites is 2. The van der Waals surface area contributed by atoms with Gasteiger partial charge in [0.1, 0.15) is 0 Å². The predicted molar refractivity (Wildman–Crippen MR) is 89.2 cm³/mol. The van der Waals surface area contributed by atoms with Crippen LogP contribution in [0.2, 0.25) is 0 Å². The van der Waals surface area contributed by atoms with Crippen molar-refractivity contribution >= 4 is 23.4 Å². The van der Waals surface area contributed by atoms with Gasteiger partial charge < -0.3 is 11.1 Å². The fourth-order valence-electron chi connectivity index (χ4n) is 1.94. The Balaban J connectivity index is 2.05. The number of unbranched alkanes of at least 4 members (excludes halogenated alkanes) is 1. The number of hydrogen-bond acceptors (Lipinski definition) is 2. The second kappa shape index (κ2) is 7.29. The molecule has 0 bridgehead atoms. The Morgan fingerprint density at radius 1 is 1.14 bits per heavy atom. The number of carbonyl (C=O) groups excluding carboxylic acids is 1. The van der Waals surface area contributed by atoms with Gasteiger partial charge in [-0.1, -0.05) is 49.8 Å². The van der Waals surface area contributed by atoms with Crippen LogP contribution in [-0.2, 0) is 0 Å². The summed E-state index contributed by atoms with van der Waals surface area (Å²) in [6.45, 7) is 2.15. The number of carbonyl (C=O) groups is 1. The van der Waals surface area contributed by atoms with Crippen LogP contribution in [0.3, 0.4) is 0 Å². The summed E-state index contributed by atoms with van der Waals surface area (Å²) in [6, 6.07) is 14.7. The van der Waals surface area contributed by atoms with E-state index in [9.17, 15) is 4.79 Å². The van der Waals surface area contributed by atoms with E-state index in [4.69, 9.17) is 5.73 Å². The van der Waals surface area contributed by atoms with E-state index in [2.05, 4.69) is 24.4 Å². The van der Waals surface area contributed by atoms with Crippen molar-refractivity contribution in [2.45, 2.75) is 19.8 Å². The van der Waals surface area contributed by atoms with Gasteiger partial charge in [0.2, 0.25) is 0 Å².